The molecule has 0 saturated carbocycles. The molecule has 1 saturated heterocycles. The number of hydrogen-bond acceptors (Lipinski definition) is 3. The van der Waals surface area contributed by atoms with Crippen LogP contribution in [0.2, 0.25) is 5.02 Å². The van der Waals surface area contributed by atoms with Crippen molar-refractivity contribution < 1.29 is 9.53 Å². The number of rotatable bonds is 7. The molecule has 2 aromatic carbocycles. The highest BCUT2D eigenvalue weighted by molar-refractivity contribution is 6.30. The van der Waals surface area contributed by atoms with Gasteiger partial charge in [-0.25, -0.2) is 4.68 Å². The molecule has 3 aromatic rings. The largest absolute Gasteiger partial charge is 0.381 e. The van der Waals surface area contributed by atoms with E-state index in [2.05, 4.69) is 22.5 Å². The molecule has 4 rings (SSSR count). The predicted octanol–water partition coefficient (Wildman–Crippen LogP) is 4.32. The van der Waals surface area contributed by atoms with Gasteiger partial charge in [-0.1, -0.05) is 41.9 Å². The Morgan fingerprint density at radius 1 is 1.10 bits per heavy atom. The second kappa shape index (κ2) is 9.45. The molecule has 0 aliphatic carbocycles. The molecular weight excluding hydrogens is 398 g/mol. The van der Waals surface area contributed by atoms with Crippen molar-refractivity contribution in [3.63, 3.8) is 0 Å². The number of para-hydroxylation sites is 1. The van der Waals surface area contributed by atoms with Gasteiger partial charge in [0.2, 0.25) is 5.91 Å². The van der Waals surface area contributed by atoms with Gasteiger partial charge in [0.1, 0.15) is 0 Å². The summed E-state index contributed by atoms with van der Waals surface area (Å²) in [6.45, 7) is 2.02. The molecule has 6 heteroatoms. The smallest absolute Gasteiger partial charge is 0.220 e. The van der Waals surface area contributed by atoms with Crippen LogP contribution in [0.1, 0.15) is 30.4 Å². The van der Waals surface area contributed by atoms with E-state index in [4.69, 9.17) is 16.3 Å². The molecule has 30 heavy (non-hydrogen) atoms. The van der Waals surface area contributed by atoms with Crippen LogP contribution in [0, 0.1) is 0 Å². The van der Waals surface area contributed by atoms with Crippen molar-refractivity contribution in [2.75, 3.05) is 19.8 Å². The van der Waals surface area contributed by atoms with E-state index in [1.165, 1.54) is 5.56 Å². The second-order valence-corrected chi connectivity index (χ2v) is 8.24. The Kier molecular flexibility index (Phi) is 6.50. The van der Waals surface area contributed by atoms with Crippen molar-refractivity contribution in [1.29, 1.82) is 0 Å². The van der Waals surface area contributed by atoms with Crippen LogP contribution in [-0.4, -0.2) is 35.4 Å². The number of benzene rings is 2. The van der Waals surface area contributed by atoms with Gasteiger partial charge >= 0.3 is 0 Å². The maximum Gasteiger partial charge on any atom is 0.220 e. The quantitative estimate of drug-likeness (QED) is 0.615. The molecular formula is C24H26ClN3O2. The van der Waals surface area contributed by atoms with Gasteiger partial charge in [0, 0.05) is 42.8 Å². The molecule has 0 atom stereocenters. The number of halogens is 1. The third kappa shape index (κ3) is 4.91. The zero-order valence-electron chi connectivity index (χ0n) is 16.9. The van der Waals surface area contributed by atoms with E-state index in [9.17, 15) is 4.79 Å². The third-order valence-corrected chi connectivity index (χ3v) is 6.08. The van der Waals surface area contributed by atoms with Crippen LogP contribution in [-0.2, 0) is 21.4 Å². The maximum absolute atomic E-state index is 12.6. The van der Waals surface area contributed by atoms with Crippen LogP contribution >= 0.6 is 11.6 Å². The molecule has 0 radical (unpaired) electrons. The fourth-order valence-corrected chi connectivity index (χ4v) is 4.08. The number of amides is 1. The van der Waals surface area contributed by atoms with E-state index >= 15 is 0 Å². The van der Waals surface area contributed by atoms with Gasteiger partial charge in [0.15, 0.2) is 0 Å². The van der Waals surface area contributed by atoms with Crippen molar-refractivity contribution >= 4 is 17.5 Å². The van der Waals surface area contributed by atoms with E-state index in [0.717, 1.165) is 29.1 Å². The molecule has 0 unspecified atom stereocenters. The van der Waals surface area contributed by atoms with Gasteiger partial charge in [-0.2, -0.15) is 5.10 Å². The lowest BCUT2D eigenvalue weighted by Gasteiger charge is -2.38. The predicted molar refractivity (Wildman–Crippen MR) is 118 cm³/mol. The molecule has 5 nitrogen and oxygen atoms in total. The number of nitrogens with one attached hydrogen (secondary N) is 1. The first kappa shape index (κ1) is 20.6. The number of carbonyl (C=O) groups excluding carboxylic acids is 1. The Hall–Kier alpha value is -2.63. The highest BCUT2D eigenvalue weighted by Gasteiger charge is 2.34. The van der Waals surface area contributed by atoms with Gasteiger partial charge in [0.05, 0.1) is 11.9 Å². The Balaban J connectivity index is 1.34. The van der Waals surface area contributed by atoms with Crippen molar-refractivity contribution in [2.45, 2.75) is 31.1 Å². The Morgan fingerprint density at radius 3 is 2.57 bits per heavy atom. The average Bonchev–Trinajstić information content (AvgIpc) is 3.27. The lowest BCUT2D eigenvalue weighted by Crippen LogP contribution is -2.44. The lowest BCUT2D eigenvalue weighted by molar-refractivity contribution is -0.121. The lowest BCUT2D eigenvalue weighted by atomic mass is 9.74. The Labute approximate surface area is 182 Å². The minimum Gasteiger partial charge on any atom is -0.381 e. The fourth-order valence-electron chi connectivity index (χ4n) is 3.96. The fraction of sp³-hybridized carbons (Fsp3) is 0.333. The van der Waals surface area contributed by atoms with Gasteiger partial charge in [0.25, 0.3) is 0 Å². The van der Waals surface area contributed by atoms with Crippen LogP contribution in [0.4, 0.5) is 0 Å². The number of aromatic nitrogens is 2. The molecule has 1 amide bonds. The molecule has 1 aliphatic heterocycles. The second-order valence-electron chi connectivity index (χ2n) is 7.81. The molecule has 1 N–H and O–H groups in total. The summed E-state index contributed by atoms with van der Waals surface area (Å²) >= 11 is 6.06. The zero-order valence-corrected chi connectivity index (χ0v) is 17.6. The highest BCUT2D eigenvalue weighted by Crippen LogP contribution is 2.35. The third-order valence-electron chi connectivity index (χ3n) is 5.83. The molecule has 2 heterocycles. The van der Waals surface area contributed by atoms with Gasteiger partial charge in [-0.05, 0) is 54.7 Å². The van der Waals surface area contributed by atoms with Gasteiger partial charge in [-0.15, -0.1) is 0 Å². The van der Waals surface area contributed by atoms with E-state index in [1.807, 2.05) is 59.5 Å². The molecule has 156 valence electrons. The summed E-state index contributed by atoms with van der Waals surface area (Å²) in [5.41, 5.74) is 3.17. The molecule has 1 fully saturated rings. The van der Waals surface area contributed by atoms with Crippen molar-refractivity contribution in [3.8, 4) is 5.69 Å². The van der Waals surface area contributed by atoms with E-state index in [-0.39, 0.29) is 11.3 Å². The van der Waals surface area contributed by atoms with Crippen LogP contribution in [0.15, 0.2) is 67.0 Å². The molecule has 1 aliphatic rings. The van der Waals surface area contributed by atoms with Gasteiger partial charge in [-0.3, -0.25) is 4.79 Å². The summed E-state index contributed by atoms with van der Waals surface area (Å²) in [5.74, 6) is 0.0577. The first-order valence-electron chi connectivity index (χ1n) is 10.3. The van der Waals surface area contributed by atoms with Crippen LogP contribution in [0.3, 0.4) is 0 Å². The molecule has 0 bridgehead atoms. The number of hydrogen-bond donors (Lipinski definition) is 1. The maximum atomic E-state index is 12.6. The summed E-state index contributed by atoms with van der Waals surface area (Å²) in [4.78, 5) is 12.6. The van der Waals surface area contributed by atoms with Crippen LogP contribution < -0.4 is 5.32 Å². The van der Waals surface area contributed by atoms with E-state index in [1.54, 1.807) is 0 Å². The minimum atomic E-state index is -0.101. The molecule has 1 aromatic heterocycles. The normalized spacial score (nSPS) is 15.6. The zero-order chi connectivity index (χ0) is 20.8. The van der Waals surface area contributed by atoms with Crippen LogP contribution in [0.5, 0.6) is 0 Å². The Morgan fingerprint density at radius 2 is 1.83 bits per heavy atom. The van der Waals surface area contributed by atoms with Crippen molar-refractivity contribution in [3.05, 3.63) is 83.1 Å². The summed E-state index contributed by atoms with van der Waals surface area (Å²) < 4.78 is 7.41. The average molecular weight is 424 g/mol. The van der Waals surface area contributed by atoms with E-state index in [0.29, 0.717) is 32.6 Å². The monoisotopic (exact) mass is 423 g/mol. The van der Waals surface area contributed by atoms with E-state index < -0.39 is 0 Å². The Bertz CT molecular complexity index is 964. The summed E-state index contributed by atoms with van der Waals surface area (Å²) in [5, 5.41) is 8.29. The first-order chi connectivity index (χ1) is 14.6. The van der Waals surface area contributed by atoms with Crippen molar-refractivity contribution in [2.24, 2.45) is 0 Å². The topological polar surface area (TPSA) is 56.2 Å². The van der Waals surface area contributed by atoms with Crippen LogP contribution in [0.25, 0.3) is 5.69 Å². The summed E-state index contributed by atoms with van der Waals surface area (Å²) in [6, 6.07) is 17.9. The molecule has 0 spiro atoms. The number of aryl methyl sites for hydroxylation is 1. The minimum absolute atomic E-state index is 0.0577. The van der Waals surface area contributed by atoms with Gasteiger partial charge < -0.3 is 10.1 Å². The van der Waals surface area contributed by atoms with Crippen molar-refractivity contribution in [1.82, 2.24) is 15.1 Å². The summed E-state index contributed by atoms with van der Waals surface area (Å²) in [7, 11) is 0. The number of ether oxygens (including phenoxy) is 1. The standard InChI is InChI=1S/C24H26ClN3O2/c25-21-9-7-20(8-10-21)24(12-14-30-15-13-24)18-26-23(29)11-6-19-16-27-28(17-19)22-4-2-1-3-5-22/h1-5,7-10,16-17H,6,11-15,18H2,(H,26,29). The number of carbonyl (C=O) groups is 1. The highest BCUT2D eigenvalue weighted by atomic mass is 35.5. The SMILES string of the molecule is O=C(CCc1cnn(-c2ccccc2)c1)NCC1(c2ccc(Cl)cc2)CCOCC1. The first-order valence-corrected chi connectivity index (χ1v) is 10.7. The number of nitrogens with zero attached hydrogens (tertiary/aromatic N) is 2. The summed E-state index contributed by atoms with van der Waals surface area (Å²) in [6.07, 6.45) is 6.69.